The molecule has 0 aliphatic rings. The van der Waals surface area contributed by atoms with Crippen molar-refractivity contribution in [1.29, 1.82) is 0 Å². The molecule has 0 saturated heterocycles. The van der Waals surface area contributed by atoms with Gasteiger partial charge in [0.15, 0.2) is 0 Å². The lowest BCUT2D eigenvalue weighted by Gasteiger charge is -2.13. The Morgan fingerprint density at radius 1 is 1.24 bits per heavy atom. The lowest BCUT2D eigenvalue weighted by atomic mass is 10.0. The maximum absolute atomic E-state index is 6.19. The highest BCUT2D eigenvalue weighted by Crippen LogP contribution is 2.27. The first-order chi connectivity index (χ1) is 7.99. The molecule has 1 aromatic heterocycles. The first-order valence-electron chi connectivity index (χ1n) is 5.20. The third kappa shape index (κ3) is 2.46. The molecule has 2 N–H and O–H groups in total. The fraction of sp³-hybridized carbons (Fsp3) is 0.250. The molecule has 0 bridgehead atoms. The van der Waals surface area contributed by atoms with Crippen molar-refractivity contribution in [3.8, 4) is 0 Å². The van der Waals surface area contributed by atoms with Crippen LogP contribution >= 0.6 is 23.2 Å². The number of rotatable bonds is 2. The first kappa shape index (κ1) is 12.4. The smallest absolute Gasteiger partial charge is 0.0723 e. The minimum absolute atomic E-state index is 0.254. The minimum atomic E-state index is -0.254. The predicted molar refractivity (Wildman–Crippen MR) is 70.4 cm³/mol. The number of aryl methyl sites for hydroxylation is 2. The third-order valence-electron chi connectivity index (χ3n) is 2.66. The van der Waals surface area contributed by atoms with Crippen LogP contribution in [0.25, 0.3) is 0 Å². The lowest BCUT2D eigenvalue weighted by Crippen LogP contribution is -2.15. The molecule has 90 valence electrons. The van der Waals surface area contributed by atoms with Crippen LogP contribution in [-0.2, 0) is 7.05 Å². The summed E-state index contributed by atoms with van der Waals surface area (Å²) in [5, 5.41) is 5.32. The second kappa shape index (κ2) is 4.69. The zero-order valence-corrected chi connectivity index (χ0v) is 11.1. The van der Waals surface area contributed by atoms with Gasteiger partial charge >= 0.3 is 0 Å². The largest absolute Gasteiger partial charge is 0.319 e. The molecule has 0 spiro atoms. The molecule has 0 fully saturated rings. The summed E-state index contributed by atoms with van der Waals surface area (Å²) in [4.78, 5) is 0. The van der Waals surface area contributed by atoms with Gasteiger partial charge in [-0.3, -0.25) is 4.68 Å². The number of hydrogen-bond donors (Lipinski definition) is 1. The first-order valence-corrected chi connectivity index (χ1v) is 5.95. The van der Waals surface area contributed by atoms with E-state index in [9.17, 15) is 0 Å². The van der Waals surface area contributed by atoms with Crippen molar-refractivity contribution in [3.63, 3.8) is 0 Å². The average molecular weight is 270 g/mol. The summed E-state index contributed by atoms with van der Waals surface area (Å²) in [5.41, 5.74) is 8.99. The van der Waals surface area contributed by atoms with Gasteiger partial charge in [-0.05, 0) is 30.7 Å². The molecule has 2 aromatic rings. The molecule has 0 aliphatic heterocycles. The Hall–Kier alpha value is -1.03. The van der Waals surface area contributed by atoms with Gasteiger partial charge in [-0.1, -0.05) is 29.3 Å². The Labute approximate surface area is 110 Å². The van der Waals surface area contributed by atoms with Crippen LogP contribution in [0.2, 0.25) is 10.0 Å². The van der Waals surface area contributed by atoms with E-state index in [0.717, 1.165) is 17.0 Å². The highest BCUT2D eigenvalue weighted by molar-refractivity contribution is 6.42. The molecule has 5 heteroatoms. The summed E-state index contributed by atoms with van der Waals surface area (Å²) in [6.07, 6.45) is 0. The molecule has 0 amide bonds. The van der Waals surface area contributed by atoms with Crippen LogP contribution in [-0.4, -0.2) is 9.78 Å². The van der Waals surface area contributed by atoms with E-state index >= 15 is 0 Å². The molecule has 0 radical (unpaired) electrons. The van der Waals surface area contributed by atoms with Crippen LogP contribution in [0.4, 0.5) is 0 Å². The molecule has 3 nitrogen and oxygen atoms in total. The second-order valence-electron chi connectivity index (χ2n) is 3.99. The van der Waals surface area contributed by atoms with E-state index in [4.69, 9.17) is 28.9 Å². The molecular formula is C12H13Cl2N3. The minimum Gasteiger partial charge on any atom is -0.319 e. The zero-order valence-electron chi connectivity index (χ0n) is 9.61. The maximum atomic E-state index is 6.19. The molecule has 1 aromatic carbocycles. The van der Waals surface area contributed by atoms with E-state index < -0.39 is 0 Å². The molecule has 0 aliphatic carbocycles. The van der Waals surface area contributed by atoms with Gasteiger partial charge in [0.05, 0.1) is 27.5 Å². The predicted octanol–water partition coefficient (Wildman–Crippen LogP) is 3.08. The van der Waals surface area contributed by atoms with Crippen molar-refractivity contribution < 1.29 is 0 Å². The van der Waals surface area contributed by atoms with E-state index in [0.29, 0.717) is 10.0 Å². The van der Waals surface area contributed by atoms with E-state index in [2.05, 4.69) is 5.10 Å². The van der Waals surface area contributed by atoms with E-state index in [-0.39, 0.29) is 6.04 Å². The molecule has 1 atom stereocenters. The van der Waals surface area contributed by atoms with Gasteiger partial charge in [0.2, 0.25) is 0 Å². The van der Waals surface area contributed by atoms with Gasteiger partial charge in [0, 0.05) is 7.05 Å². The van der Waals surface area contributed by atoms with Crippen molar-refractivity contribution in [2.24, 2.45) is 12.8 Å². The van der Waals surface area contributed by atoms with E-state index in [1.165, 1.54) is 0 Å². The van der Waals surface area contributed by atoms with Gasteiger partial charge < -0.3 is 5.73 Å². The van der Waals surface area contributed by atoms with Gasteiger partial charge in [-0.2, -0.15) is 5.10 Å². The van der Waals surface area contributed by atoms with Crippen molar-refractivity contribution in [2.75, 3.05) is 0 Å². The van der Waals surface area contributed by atoms with Gasteiger partial charge in [0.25, 0.3) is 0 Å². The van der Waals surface area contributed by atoms with Gasteiger partial charge in [0.1, 0.15) is 0 Å². The quantitative estimate of drug-likeness (QED) is 0.911. The van der Waals surface area contributed by atoms with Crippen molar-refractivity contribution >= 4 is 23.2 Å². The van der Waals surface area contributed by atoms with Crippen LogP contribution in [0.15, 0.2) is 24.3 Å². The Kier molecular flexibility index (Phi) is 3.43. The van der Waals surface area contributed by atoms with Gasteiger partial charge in [-0.25, -0.2) is 0 Å². The Morgan fingerprint density at radius 3 is 2.47 bits per heavy atom. The van der Waals surface area contributed by atoms with E-state index in [1.807, 2.05) is 26.1 Å². The fourth-order valence-electron chi connectivity index (χ4n) is 1.80. The van der Waals surface area contributed by atoms with Gasteiger partial charge in [-0.15, -0.1) is 0 Å². The molecular weight excluding hydrogens is 257 g/mol. The van der Waals surface area contributed by atoms with Crippen molar-refractivity contribution in [3.05, 3.63) is 51.3 Å². The average Bonchev–Trinajstić information content (AvgIpc) is 2.61. The summed E-state index contributed by atoms with van der Waals surface area (Å²) in [7, 11) is 1.87. The van der Waals surface area contributed by atoms with Crippen molar-refractivity contribution in [2.45, 2.75) is 13.0 Å². The summed E-state index contributed by atoms with van der Waals surface area (Å²) in [5.74, 6) is 0. The molecule has 1 heterocycles. The third-order valence-corrected chi connectivity index (χ3v) is 3.40. The number of hydrogen-bond acceptors (Lipinski definition) is 2. The highest BCUT2D eigenvalue weighted by Gasteiger charge is 2.14. The summed E-state index contributed by atoms with van der Waals surface area (Å²) < 4.78 is 1.78. The summed E-state index contributed by atoms with van der Waals surface area (Å²) in [6.45, 7) is 1.94. The summed E-state index contributed by atoms with van der Waals surface area (Å²) >= 11 is 11.9. The Balaban J connectivity index is 2.40. The molecule has 1 unspecified atom stereocenters. The van der Waals surface area contributed by atoms with E-state index in [1.54, 1.807) is 16.8 Å². The lowest BCUT2D eigenvalue weighted by molar-refractivity contribution is 0.669. The van der Waals surface area contributed by atoms with Crippen molar-refractivity contribution in [1.82, 2.24) is 9.78 Å². The fourth-order valence-corrected chi connectivity index (χ4v) is 2.10. The Morgan fingerprint density at radius 2 is 1.94 bits per heavy atom. The standard InChI is InChI=1S/C12H13Cl2N3/c1-7-5-11(17(2)16-7)12(15)8-3-4-9(13)10(14)6-8/h3-6,12H,15H2,1-2H3. The van der Waals surface area contributed by atoms with Crippen LogP contribution in [0.3, 0.4) is 0 Å². The number of aromatic nitrogens is 2. The number of nitrogens with zero attached hydrogens (tertiary/aromatic N) is 2. The number of halogens is 2. The van der Waals surface area contributed by atoms with Crippen LogP contribution in [0.5, 0.6) is 0 Å². The monoisotopic (exact) mass is 269 g/mol. The topological polar surface area (TPSA) is 43.8 Å². The van der Waals surface area contributed by atoms with Crippen LogP contribution in [0, 0.1) is 6.92 Å². The number of benzene rings is 1. The molecule has 17 heavy (non-hydrogen) atoms. The van der Waals surface area contributed by atoms with Crippen LogP contribution < -0.4 is 5.73 Å². The SMILES string of the molecule is Cc1cc(C(N)c2ccc(Cl)c(Cl)c2)n(C)n1. The van der Waals surface area contributed by atoms with Crippen LogP contribution in [0.1, 0.15) is 23.0 Å². The summed E-state index contributed by atoms with van der Waals surface area (Å²) in [6, 6.07) is 7.13. The molecule has 2 rings (SSSR count). The second-order valence-corrected chi connectivity index (χ2v) is 4.80. The molecule has 0 saturated carbocycles. The zero-order chi connectivity index (χ0) is 12.6. The number of nitrogens with two attached hydrogens (primary N) is 1. The Bertz CT molecular complexity index is 549. The normalized spacial score (nSPS) is 12.8. The highest BCUT2D eigenvalue weighted by atomic mass is 35.5. The maximum Gasteiger partial charge on any atom is 0.0723 e.